The Bertz CT molecular complexity index is 525. The molecule has 4 heteroatoms. The van der Waals surface area contributed by atoms with Gasteiger partial charge in [0.15, 0.2) is 5.82 Å². The minimum atomic E-state index is 0.535. The highest BCUT2D eigenvalue weighted by Gasteiger charge is 2.08. The first kappa shape index (κ1) is 11.4. The molecule has 2 aromatic rings. The molecule has 17 heavy (non-hydrogen) atoms. The molecule has 0 fully saturated rings. The van der Waals surface area contributed by atoms with Crippen molar-refractivity contribution < 1.29 is 4.74 Å². The number of hydrogen-bond donors (Lipinski definition) is 1. The Balaban J connectivity index is 2.45. The summed E-state index contributed by atoms with van der Waals surface area (Å²) < 4.78 is 5.47. The molecule has 1 aromatic carbocycles. The average molecular weight is 229 g/mol. The molecule has 1 heterocycles. The van der Waals surface area contributed by atoms with Crippen molar-refractivity contribution in [3.05, 3.63) is 36.9 Å². The molecule has 0 aliphatic heterocycles. The van der Waals surface area contributed by atoms with E-state index in [0.717, 1.165) is 11.0 Å². The van der Waals surface area contributed by atoms with Crippen LogP contribution in [0.3, 0.4) is 0 Å². The molecule has 1 aromatic heterocycles. The topological polar surface area (TPSA) is 47.0 Å². The van der Waals surface area contributed by atoms with E-state index in [1.54, 1.807) is 6.08 Å². The van der Waals surface area contributed by atoms with Crippen LogP contribution in [0.1, 0.15) is 6.92 Å². The Morgan fingerprint density at radius 2 is 2.00 bits per heavy atom. The number of hydrogen-bond acceptors (Lipinski definition) is 4. The van der Waals surface area contributed by atoms with Crippen LogP contribution in [-0.2, 0) is 0 Å². The van der Waals surface area contributed by atoms with E-state index in [-0.39, 0.29) is 0 Å². The number of rotatable bonds is 5. The summed E-state index contributed by atoms with van der Waals surface area (Å²) in [7, 11) is 0. The minimum absolute atomic E-state index is 0.535. The van der Waals surface area contributed by atoms with Crippen molar-refractivity contribution in [2.24, 2.45) is 0 Å². The monoisotopic (exact) mass is 229 g/mol. The summed E-state index contributed by atoms with van der Waals surface area (Å²) in [6, 6.07) is 7.72. The van der Waals surface area contributed by atoms with Gasteiger partial charge in [0.05, 0.1) is 17.6 Å². The van der Waals surface area contributed by atoms with Gasteiger partial charge < -0.3 is 10.1 Å². The summed E-state index contributed by atoms with van der Waals surface area (Å²) in [4.78, 5) is 8.92. The fourth-order valence-corrected chi connectivity index (χ4v) is 1.51. The van der Waals surface area contributed by atoms with Crippen molar-refractivity contribution in [3.8, 4) is 5.88 Å². The molecule has 0 saturated carbocycles. The summed E-state index contributed by atoms with van der Waals surface area (Å²) in [6.07, 6.45) is 1.77. The van der Waals surface area contributed by atoms with Crippen molar-refractivity contribution in [2.75, 3.05) is 18.5 Å². The number of ether oxygens (including phenoxy) is 1. The molecule has 0 bridgehead atoms. The Hall–Kier alpha value is -2.10. The lowest BCUT2D eigenvalue weighted by Gasteiger charge is -2.10. The van der Waals surface area contributed by atoms with Gasteiger partial charge in [-0.05, 0) is 19.1 Å². The molecule has 0 atom stereocenters. The van der Waals surface area contributed by atoms with Crippen LogP contribution in [0.2, 0.25) is 0 Å². The first-order valence-electron chi connectivity index (χ1n) is 5.59. The van der Waals surface area contributed by atoms with Gasteiger partial charge in [-0.3, -0.25) is 0 Å². The standard InChI is InChI=1S/C13H15N3O/c1-3-9-14-12-13(17-4-2)16-11-8-6-5-7-10(11)15-12/h3,5-8H,1,4,9H2,2H3,(H,14,15). The van der Waals surface area contributed by atoms with E-state index in [0.29, 0.717) is 24.8 Å². The van der Waals surface area contributed by atoms with Gasteiger partial charge >= 0.3 is 0 Å². The molecule has 0 aliphatic carbocycles. The van der Waals surface area contributed by atoms with Crippen molar-refractivity contribution >= 4 is 16.9 Å². The number of anilines is 1. The van der Waals surface area contributed by atoms with Gasteiger partial charge in [-0.1, -0.05) is 18.2 Å². The number of nitrogens with one attached hydrogen (secondary N) is 1. The summed E-state index contributed by atoms with van der Waals surface area (Å²) in [5.74, 6) is 1.19. The Kier molecular flexibility index (Phi) is 3.55. The zero-order chi connectivity index (χ0) is 12.1. The SMILES string of the molecule is C=CCNc1nc2ccccc2nc1OCC. The Labute approximate surface area is 100 Å². The molecule has 0 amide bonds. The molecular formula is C13H15N3O. The van der Waals surface area contributed by atoms with E-state index in [2.05, 4.69) is 21.9 Å². The van der Waals surface area contributed by atoms with Gasteiger partial charge in [-0.2, -0.15) is 0 Å². The molecular weight excluding hydrogens is 214 g/mol. The van der Waals surface area contributed by atoms with Crippen LogP contribution in [0, 0.1) is 0 Å². The summed E-state index contributed by atoms with van der Waals surface area (Å²) in [5.41, 5.74) is 1.68. The predicted molar refractivity (Wildman–Crippen MR) is 69.4 cm³/mol. The highest BCUT2D eigenvalue weighted by molar-refractivity contribution is 5.77. The molecule has 0 saturated heterocycles. The van der Waals surface area contributed by atoms with Crippen LogP contribution in [0.25, 0.3) is 11.0 Å². The predicted octanol–water partition coefficient (Wildman–Crippen LogP) is 2.63. The maximum Gasteiger partial charge on any atom is 0.258 e. The van der Waals surface area contributed by atoms with Gasteiger partial charge in [0.1, 0.15) is 0 Å². The number of fused-ring (bicyclic) bond motifs is 1. The molecule has 0 aliphatic rings. The average Bonchev–Trinajstić information content (AvgIpc) is 2.36. The third kappa shape index (κ3) is 2.53. The van der Waals surface area contributed by atoms with Crippen LogP contribution in [0.15, 0.2) is 36.9 Å². The van der Waals surface area contributed by atoms with Crippen molar-refractivity contribution in [1.82, 2.24) is 9.97 Å². The van der Waals surface area contributed by atoms with Crippen molar-refractivity contribution in [1.29, 1.82) is 0 Å². The Morgan fingerprint density at radius 1 is 1.29 bits per heavy atom. The van der Waals surface area contributed by atoms with Gasteiger partial charge in [-0.25, -0.2) is 9.97 Å². The zero-order valence-corrected chi connectivity index (χ0v) is 9.81. The second-order valence-electron chi connectivity index (χ2n) is 3.47. The van der Waals surface area contributed by atoms with Crippen molar-refractivity contribution in [2.45, 2.75) is 6.92 Å². The van der Waals surface area contributed by atoms with Crippen molar-refractivity contribution in [3.63, 3.8) is 0 Å². The van der Waals surface area contributed by atoms with E-state index in [4.69, 9.17) is 4.74 Å². The van der Waals surface area contributed by atoms with Gasteiger partial charge in [0.2, 0.25) is 0 Å². The van der Waals surface area contributed by atoms with Gasteiger partial charge in [-0.15, -0.1) is 6.58 Å². The van der Waals surface area contributed by atoms with E-state index in [1.807, 2.05) is 31.2 Å². The van der Waals surface area contributed by atoms with Crippen LogP contribution < -0.4 is 10.1 Å². The van der Waals surface area contributed by atoms with Crippen LogP contribution in [0.5, 0.6) is 5.88 Å². The lowest BCUT2D eigenvalue weighted by molar-refractivity contribution is 0.328. The Morgan fingerprint density at radius 3 is 2.65 bits per heavy atom. The van der Waals surface area contributed by atoms with Crippen LogP contribution in [0.4, 0.5) is 5.82 Å². The first-order chi connectivity index (χ1) is 8.35. The van der Waals surface area contributed by atoms with E-state index < -0.39 is 0 Å². The summed E-state index contributed by atoms with van der Waals surface area (Å²) >= 11 is 0. The normalized spacial score (nSPS) is 10.2. The molecule has 2 rings (SSSR count). The summed E-state index contributed by atoms with van der Waals surface area (Å²) in [5, 5.41) is 3.12. The molecule has 0 spiro atoms. The van der Waals surface area contributed by atoms with Gasteiger partial charge in [0.25, 0.3) is 5.88 Å². The van der Waals surface area contributed by atoms with E-state index in [1.165, 1.54) is 0 Å². The maximum atomic E-state index is 5.47. The van der Waals surface area contributed by atoms with E-state index >= 15 is 0 Å². The van der Waals surface area contributed by atoms with Crippen LogP contribution in [-0.4, -0.2) is 23.1 Å². The first-order valence-corrected chi connectivity index (χ1v) is 5.59. The highest BCUT2D eigenvalue weighted by Crippen LogP contribution is 2.23. The summed E-state index contributed by atoms with van der Waals surface area (Å²) in [6.45, 7) is 6.78. The molecule has 1 N–H and O–H groups in total. The van der Waals surface area contributed by atoms with Gasteiger partial charge in [0, 0.05) is 6.54 Å². The van der Waals surface area contributed by atoms with E-state index in [9.17, 15) is 0 Å². The fourth-order valence-electron chi connectivity index (χ4n) is 1.51. The quantitative estimate of drug-likeness (QED) is 0.801. The third-order valence-electron chi connectivity index (χ3n) is 2.23. The fraction of sp³-hybridized carbons (Fsp3) is 0.231. The molecule has 88 valence electrons. The third-order valence-corrected chi connectivity index (χ3v) is 2.23. The largest absolute Gasteiger partial charge is 0.475 e. The lowest BCUT2D eigenvalue weighted by atomic mass is 10.3. The maximum absolute atomic E-state index is 5.47. The number of benzene rings is 1. The molecule has 0 radical (unpaired) electrons. The molecule has 0 unspecified atom stereocenters. The minimum Gasteiger partial charge on any atom is -0.475 e. The second kappa shape index (κ2) is 5.30. The number of aromatic nitrogens is 2. The zero-order valence-electron chi connectivity index (χ0n) is 9.81. The number of nitrogens with zero attached hydrogens (tertiary/aromatic N) is 2. The smallest absolute Gasteiger partial charge is 0.258 e. The lowest BCUT2D eigenvalue weighted by Crippen LogP contribution is -2.06. The second-order valence-corrected chi connectivity index (χ2v) is 3.47. The van der Waals surface area contributed by atoms with Crippen LogP contribution >= 0.6 is 0 Å². The number of para-hydroxylation sites is 2. The molecule has 4 nitrogen and oxygen atoms in total. The highest BCUT2D eigenvalue weighted by atomic mass is 16.5.